The normalized spacial score (nSPS) is 20.0. The van der Waals surface area contributed by atoms with E-state index < -0.39 is 0 Å². The number of nitrogens with zero attached hydrogens (tertiary/aromatic N) is 2. The molecule has 6 heteroatoms. The Bertz CT molecular complexity index is 610. The number of guanidine groups is 1. The van der Waals surface area contributed by atoms with Crippen LogP contribution < -0.4 is 10.6 Å². The van der Waals surface area contributed by atoms with Gasteiger partial charge in [0.2, 0.25) is 0 Å². The molecule has 3 rings (SSSR count). The lowest BCUT2D eigenvalue weighted by atomic mass is 9.93. The van der Waals surface area contributed by atoms with Crippen molar-refractivity contribution in [1.29, 1.82) is 0 Å². The summed E-state index contributed by atoms with van der Waals surface area (Å²) in [7, 11) is 1.82. The van der Waals surface area contributed by atoms with Crippen LogP contribution >= 0.6 is 24.0 Å². The van der Waals surface area contributed by atoms with Gasteiger partial charge in [-0.3, -0.25) is 4.99 Å². The van der Waals surface area contributed by atoms with E-state index in [0.717, 1.165) is 43.4 Å². The van der Waals surface area contributed by atoms with Crippen molar-refractivity contribution in [2.24, 2.45) is 10.9 Å². The Morgan fingerprint density at radius 1 is 1.26 bits per heavy atom. The summed E-state index contributed by atoms with van der Waals surface area (Å²) in [5, 5.41) is 6.91. The molecule has 2 aliphatic rings. The summed E-state index contributed by atoms with van der Waals surface area (Å²) in [4.78, 5) is 6.88. The molecule has 1 aromatic rings. The summed E-state index contributed by atoms with van der Waals surface area (Å²) in [6, 6.07) is 7.03. The van der Waals surface area contributed by atoms with Gasteiger partial charge < -0.3 is 15.5 Å². The molecule has 0 spiro atoms. The van der Waals surface area contributed by atoms with E-state index in [-0.39, 0.29) is 35.2 Å². The minimum absolute atomic E-state index is 0. The number of rotatable bonds is 7. The van der Waals surface area contributed by atoms with Crippen molar-refractivity contribution in [1.82, 2.24) is 15.5 Å². The molecule has 152 valence electrons. The van der Waals surface area contributed by atoms with Crippen LogP contribution in [-0.4, -0.2) is 50.6 Å². The number of likely N-dealkylation sites (tertiary alicyclic amines) is 1. The van der Waals surface area contributed by atoms with E-state index in [4.69, 9.17) is 0 Å². The number of hydrogen-bond acceptors (Lipinski definition) is 2. The first kappa shape index (κ1) is 22.4. The fraction of sp³-hybridized carbons (Fsp3) is 0.667. The molecule has 1 aromatic carbocycles. The van der Waals surface area contributed by atoms with Gasteiger partial charge >= 0.3 is 0 Å². The lowest BCUT2D eigenvalue weighted by molar-refractivity contribution is 0.187. The van der Waals surface area contributed by atoms with Crippen molar-refractivity contribution in [3.05, 3.63) is 35.6 Å². The van der Waals surface area contributed by atoms with Gasteiger partial charge in [-0.25, -0.2) is 4.39 Å². The van der Waals surface area contributed by atoms with Gasteiger partial charge in [0.25, 0.3) is 0 Å². The van der Waals surface area contributed by atoms with Crippen molar-refractivity contribution in [2.75, 3.05) is 39.8 Å². The van der Waals surface area contributed by atoms with Gasteiger partial charge in [0.1, 0.15) is 5.82 Å². The maximum Gasteiger partial charge on any atom is 0.191 e. The fourth-order valence-electron chi connectivity index (χ4n) is 4.00. The molecule has 0 radical (unpaired) electrons. The molecule has 0 aromatic heterocycles. The van der Waals surface area contributed by atoms with Crippen molar-refractivity contribution in [2.45, 2.75) is 44.4 Å². The van der Waals surface area contributed by atoms with Crippen LogP contribution in [0, 0.1) is 11.7 Å². The summed E-state index contributed by atoms with van der Waals surface area (Å²) in [5.41, 5.74) is 1.18. The Morgan fingerprint density at radius 2 is 2.00 bits per heavy atom. The lowest BCUT2D eigenvalue weighted by Gasteiger charge is -2.31. The summed E-state index contributed by atoms with van der Waals surface area (Å²) < 4.78 is 13.5. The van der Waals surface area contributed by atoms with Crippen molar-refractivity contribution < 1.29 is 4.39 Å². The molecule has 1 aliphatic carbocycles. The second kappa shape index (κ2) is 10.6. The first-order valence-corrected chi connectivity index (χ1v) is 10.1. The van der Waals surface area contributed by atoms with Crippen LogP contribution in [-0.2, 0) is 5.41 Å². The average molecular weight is 488 g/mol. The summed E-state index contributed by atoms with van der Waals surface area (Å²) >= 11 is 0. The maximum atomic E-state index is 13.5. The van der Waals surface area contributed by atoms with Crippen molar-refractivity contribution in [3.8, 4) is 0 Å². The molecule has 1 aliphatic heterocycles. The van der Waals surface area contributed by atoms with Crippen LogP contribution in [0.1, 0.15) is 44.6 Å². The quantitative estimate of drug-likeness (QED) is 0.349. The molecular weight excluding hydrogens is 454 g/mol. The highest BCUT2D eigenvalue weighted by Crippen LogP contribution is 2.47. The van der Waals surface area contributed by atoms with Gasteiger partial charge in [-0.05, 0) is 75.4 Å². The molecule has 4 nitrogen and oxygen atoms in total. The Balaban J connectivity index is 0.00000261. The summed E-state index contributed by atoms with van der Waals surface area (Å²) in [5.74, 6) is 1.54. The molecule has 1 saturated heterocycles. The van der Waals surface area contributed by atoms with E-state index in [2.05, 4.69) is 27.4 Å². The zero-order valence-corrected chi connectivity index (χ0v) is 19.0. The number of halogens is 2. The van der Waals surface area contributed by atoms with E-state index in [1.807, 2.05) is 19.2 Å². The first-order chi connectivity index (χ1) is 12.6. The van der Waals surface area contributed by atoms with Gasteiger partial charge in [0.15, 0.2) is 5.96 Å². The standard InChI is InChI=1S/C21H33FN4.HI/c1-3-26-13-8-17(9-14-26)7-12-24-20(23-2)25-16-21(10-11-21)18-5-4-6-19(22)15-18;/h4-6,15,17H,3,7-14,16H2,1-2H3,(H2,23,24,25);1H. The third-order valence-corrected chi connectivity index (χ3v) is 6.11. The maximum absolute atomic E-state index is 13.5. The molecular formula is C21H34FIN4. The third kappa shape index (κ3) is 6.31. The van der Waals surface area contributed by atoms with Gasteiger partial charge in [-0.15, -0.1) is 24.0 Å². The molecule has 2 fully saturated rings. The second-order valence-electron chi connectivity index (χ2n) is 7.81. The van der Waals surface area contributed by atoms with Crippen molar-refractivity contribution in [3.63, 3.8) is 0 Å². The highest BCUT2D eigenvalue weighted by Gasteiger charge is 2.44. The van der Waals surface area contributed by atoms with E-state index in [1.165, 1.54) is 45.0 Å². The molecule has 27 heavy (non-hydrogen) atoms. The Kier molecular flexibility index (Phi) is 8.79. The first-order valence-electron chi connectivity index (χ1n) is 10.1. The van der Waals surface area contributed by atoms with E-state index in [9.17, 15) is 4.39 Å². The second-order valence-corrected chi connectivity index (χ2v) is 7.81. The molecule has 1 heterocycles. The third-order valence-electron chi connectivity index (χ3n) is 6.11. The Hall–Kier alpha value is -0.890. The van der Waals surface area contributed by atoms with Crippen LogP contribution in [0.4, 0.5) is 4.39 Å². The van der Waals surface area contributed by atoms with Crippen LogP contribution in [0.25, 0.3) is 0 Å². The summed E-state index contributed by atoms with van der Waals surface area (Å²) in [6.07, 6.45) is 6.04. The monoisotopic (exact) mass is 488 g/mol. The SMILES string of the molecule is CCN1CCC(CCNC(=NC)NCC2(c3cccc(F)c3)CC2)CC1.I. The molecule has 0 amide bonds. The fourth-order valence-corrected chi connectivity index (χ4v) is 4.00. The number of piperidine rings is 1. The van der Waals surface area contributed by atoms with Gasteiger partial charge in [0.05, 0.1) is 0 Å². The zero-order valence-electron chi connectivity index (χ0n) is 16.6. The summed E-state index contributed by atoms with van der Waals surface area (Å²) in [6.45, 7) is 7.67. The van der Waals surface area contributed by atoms with Crippen LogP contribution in [0.5, 0.6) is 0 Å². The van der Waals surface area contributed by atoms with E-state index in [1.54, 1.807) is 6.07 Å². The highest BCUT2D eigenvalue weighted by molar-refractivity contribution is 14.0. The van der Waals surface area contributed by atoms with Gasteiger partial charge in [0, 0.05) is 25.6 Å². The lowest BCUT2D eigenvalue weighted by Crippen LogP contribution is -2.42. The van der Waals surface area contributed by atoms with Crippen LogP contribution in [0.2, 0.25) is 0 Å². The predicted octanol–water partition coefficient (Wildman–Crippen LogP) is 3.76. The van der Waals surface area contributed by atoms with Gasteiger partial charge in [-0.1, -0.05) is 19.1 Å². The Morgan fingerprint density at radius 3 is 2.59 bits per heavy atom. The number of benzene rings is 1. The molecule has 0 bridgehead atoms. The van der Waals surface area contributed by atoms with E-state index in [0.29, 0.717) is 0 Å². The number of hydrogen-bond donors (Lipinski definition) is 2. The highest BCUT2D eigenvalue weighted by atomic mass is 127. The van der Waals surface area contributed by atoms with E-state index >= 15 is 0 Å². The zero-order chi connectivity index (χ0) is 18.4. The minimum atomic E-state index is -0.148. The molecule has 2 N–H and O–H groups in total. The largest absolute Gasteiger partial charge is 0.356 e. The Labute approximate surface area is 180 Å². The van der Waals surface area contributed by atoms with Crippen LogP contribution in [0.15, 0.2) is 29.3 Å². The van der Waals surface area contributed by atoms with Gasteiger partial charge in [-0.2, -0.15) is 0 Å². The molecule has 1 saturated carbocycles. The molecule has 0 unspecified atom stereocenters. The average Bonchev–Trinajstić information content (AvgIpc) is 3.46. The predicted molar refractivity (Wildman–Crippen MR) is 122 cm³/mol. The van der Waals surface area contributed by atoms with Crippen molar-refractivity contribution >= 4 is 29.9 Å². The topological polar surface area (TPSA) is 39.7 Å². The molecule has 0 atom stereocenters. The number of aliphatic imine (C=N–C) groups is 1. The minimum Gasteiger partial charge on any atom is -0.356 e. The number of nitrogens with one attached hydrogen (secondary N) is 2. The van der Waals surface area contributed by atoms with Crippen LogP contribution in [0.3, 0.4) is 0 Å². The smallest absolute Gasteiger partial charge is 0.191 e.